The van der Waals surface area contributed by atoms with Crippen LogP contribution in [-0.4, -0.2) is 4.98 Å². The molecular weight excluding hydrogens is 117 g/mol. The normalized spacial score (nSPS) is 9.56. The molecule has 0 saturated heterocycles. The van der Waals surface area contributed by atoms with Crippen molar-refractivity contribution < 1.29 is 4.39 Å². The first-order valence-electron chi connectivity index (χ1n) is 2.66. The second-order valence-corrected chi connectivity index (χ2v) is 1.79. The predicted molar refractivity (Wildman–Crippen MR) is 33.5 cm³/mol. The van der Waals surface area contributed by atoms with Crippen molar-refractivity contribution in [2.75, 3.05) is 0 Å². The van der Waals surface area contributed by atoms with Crippen molar-refractivity contribution in [3.63, 3.8) is 0 Å². The zero-order valence-corrected chi connectivity index (χ0v) is 4.97. The van der Waals surface area contributed by atoms with E-state index in [4.69, 9.17) is 0 Å². The molecule has 47 valence electrons. The van der Waals surface area contributed by atoms with E-state index in [9.17, 15) is 4.39 Å². The fourth-order valence-electron chi connectivity index (χ4n) is 0.534. The van der Waals surface area contributed by atoms with Crippen LogP contribution in [0.3, 0.4) is 0 Å². The Labute approximate surface area is 53.5 Å². The zero-order valence-electron chi connectivity index (χ0n) is 4.97. The Bertz CT molecular complexity index is 181. The molecule has 0 aromatic carbocycles. The van der Waals surface area contributed by atoms with Gasteiger partial charge >= 0.3 is 0 Å². The first kappa shape index (κ1) is 6.20. The Hall–Kier alpha value is -0.920. The summed E-state index contributed by atoms with van der Waals surface area (Å²) in [6.07, 6.45) is 1.55. The van der Waals surface area contributed by atoms with Gasteiger partial charge in [-0.1, -0.05) is 6.07 Å². The van der Waals surface area contributed by atoms with Crippen LogP contribution in [0.5, 0.6) is 0 Å². The molecule has 0 saturated carbocycles. The molecule has 0 atom stereocenters. The van der Waals surface area contributed by atoms with Crippen LogP contribution in [0.1, 0.15) is 11.3 Å². The third kappa shape index (κ3) is 1.49. The summed E-state index contributed by atoms with van der Waals surface area (Å²) in [7, 11) is 0. The van der Waals surface area contributed by atoms with Crippen LogP contribution in [0.2, 0.25) is 0 Å². The highest BCUT2D eigenvalue weighted by Crippen LogP contribution is 1.98. The monoisotopic (exact) mass is 124 g/mol. The van der Waals surface area contributed by atoms with E-state index in [-0.39, 0.29) is 0 Å². The summed E-state index contributed by atoms with van der Waals surface area (Å²) in [6, 6.07) is 3.37. The van der Waals surface area contributed by atoms with E-state index in [0.717, 1.165) is 5.56 Å². The number of alkyl halides is 1. The molecule has 1 heterocycles. The minimum atomic E-state index is -0.500. The Balaban J connectivity index is 2.88. The number of nitrogens with zero attached hydrogens (tertiary/aromatic N) is 1. The molecule has 1 rings (SSSR count). The highest BCUT2D eigenvalue weighted by molar-refractivity contribution is 5.15. The van der Waals surface area contributed by atoms with Crippen molar-refractivity contribution in [3.05, 3.63) is 36.5 Å². The molecule has 0 aliphatic rings. The van der Waals surface area contributed by atoms with E-state index in [2.05, 4.69) is 11.9 Å². The lowest BCUT2D eigenvalue weighted by Crippen LogP contribution is -1.83. The number of hydrogen-bond acceptors (Lipinski definition) is 1. The van der Waals surface area contributed by atoms with Gasteiger partial charge in [0.1, 0.15) is 6.67 Å². The summed E-state index contributed by atoms with van der Waals surface area (Å²) in [5, 5.41) is 0. The summed E-state index contributed by atoms with van der Waals surface area (Å²) in [5.41, 5.74) is 1.27. The van der Waals surface area contributed by atoms with Crippen molar-refractivity contribution in [2.24, 2.45) is 0 Å². The SMILES string of the molecule is [CH2]c1ccc(CF)nc1. The van der Waals surface area contributed by atoms with Gasteiger partial charge in [0.15, 0.2) is 0 Å². The summed E-state index contributed by atoms with van der Waals surface area (Å²) in [6.45, 7) is 3.11. The highest BCUT2D eigenvalue weighted by Gasteiger charge is 1.88. The molecule has 0 spiro atoms. The molecule has 2 heteroatoms. The molecule has 0 unspecified atom stereocenters. The fraction of sp³-hybridized carbons (Fsp3) is 0.143. The largest absolute Gasteiger partial charge is 0.258 e. The average Bonchev–Trinajstić information content (AvgIpc) is 1.90. The van der Waals surface area contributed by atoms with Crippen molar-refractivity contribution in [1.82, 2.24) is 4.98 Å². The van der Waals surface area contributed by atoms with Gasteiger partial charge < -0.3 is 0 Å². The van der Waals surface area contributed by atoms with Gasteiger partial charge in [-0.25, -0.2) is 4.39 Å². The second-order valence-electron chi connectivity index (χ2n) is 1.79. The molecule has 1 aromatic heterocycles. The van der Waals surface area contributed by atoms with Gasteiger partial charge in [-0.05, 0) is 18.6 Å². The van der Waals surface area contributed by atoms with E-state index in [1.807, 2.05) is 0 Å². The van der Waals surface area contributed by atoms with Crippen LogP contribution in [0.4, 0.5) is 4.39 Å². The Kier molecular flexibility index (Phi) is 1.78. The Morgan fingerprint density at radius 1 is 1.56 bits per heavy atom. The lowest BCUT2D eigenvalue weighted by molar-refractivity contribution is 0.476. The van der Waals surface area contributed by atoms with Crippen molar-refractivity contribution in [2.45, 2.75) is 6.67 Å². The van der Waals surface area contributed by atoms with E-state index >= 15 is 0 Å². The predicted octanol–water partition coefficient (Wildman–Crippen LogP) is 1.73. The molecule has 1 aromatic rings. The van der Waals surface area contributed by atoms with E-state index in [0.29, 0.717) is 5.69 Å². The van der Waals surface area contributed by atoms with E-state index in [1.54, 1.807) is 18.3 Å². The molecule has 0 amide bonds. The minimum absolute atomic E-state index is 0.461. The van der Waals surface area contributed by atoms with E-state index < -0.39 is 6.67 Å². The summed E-state index contributed by atoms with van der Waals surface area (Å²) >= 11 is 0. The minimum Gasteiger partial charge on any atom is -0.258 e. The third-order valence-electron chi connectivity index (χ3n) is 1.02. The fourth-order valence-corrected chi connectivity index (χ4v) is 0.534. The molecule has 0 fully saturated rings. The van der Waals surface area contributed by atoms with Crippen LogP contribution < -0.4 is 0 Å². The van der Waals surface area contributed by atoms with Crippen LogP contribution in [-0.2, 0) is 6.67 Å². The number of halogens is 1. The average molecular weight is 124 g/mol. The number of pyridine rings is 1. The molecule has 0 bridgehead atoms. The lowest BCUT2D eigenvalue weighted by atomic mass is 10.3. The van der Waals surface area contributed by atoms with Crippen LogP contribution in [0.15, 0.2) is 18.3 Å². The van der Waals surface area contributed by atoms with Crippen molar-refractivity contribution in [1.29, 1.82) is 0 Å². The summed E-state index contributed by atoms with van der Waals surface area (Å²) in [4.78, 5) is 3.76. The Morgan fingerprint density at radius 3 is 2.78 bits per heavy atom. The molecule has 9 heavy (non-hydrogen) atoms. The van der Waals surface area contributed by atoms with Crippen LogP contribution in [0.25, 0.3) is 0 Å². The topological polar surface area (TPSA) is 12.9 Å². The molecule has 0 aliphatic carbocycles. The van der Waals surface area contributed by atoms with Gasteiger partial charge in [-0.15, -0.1) is 0 Å². The maximum atomic E-state index is 11.8. The van der Waals surface area contributed by atoms with Gasteiger partial charge in [0.25, 0.3) is 0 Å². The quantitative estimate of drug-likeness (QED) is 0.555. The number of aromatic nitrogens is 1. The molecule has 1 radical (unpaired) electrons. The van der Waals surface area contributed by atoms with Crippen molar-refractivity contribution in [3.8, 4) is 0 Å². The van der Waals surface area contributed by atoms with Gasteiger partial charge in [-0.2, -0.15) is 0 Å². The summed E-state index contributed by atoms with van der Waals surface area (Å²) < 4.78 is 11.8. The molecule has 1 nitrogen and oxygen atoms in total. The number of hydrogen-bond donors (Lipinski definition) is 0. The van der Waals surface area contributed by atoms with Crippen LogP contribution in [0, 0.1) is 6.92 Å². The molecule has 0 N–H and O–H groups in total. The zero-order chi connectivity index (χ0) is 6.69. The maximum absolute atomic E-state index is 11.8. The summed E-state index contributed by atoms with van der Waals surface area (Å²) in [5.74, 6) is 0. The number of rotatable bonds is 1. The lowest BCUT2D eigenvalue weighted by Gasteiger charge is -1.91. The van der Waals surface area contributed by atoms with E-state index in [1.165, 1.54) is 0 Å². The van der Waals surface area contributed by atoms with Crippen LogP contribution >= 0.6 is 0 Å². The molecular formula is C7H7FN. The van der Waals surface area contributed by atoms with Gasteiger partial charge in [0.2, 0.25) is 0 Å². The first-order valence-corrected chi connectivity index (χ1v) is 2.66. The Morgan fingerprint density at radius 2 is 2.33 bits per heavy atom. The second kappa shape index (κ2) is 2.58. The van der Waals surface area contributed by atoms with Crippen molar-refractivity contribution >= 4 is 0 Å². The van der Waals surface area contributed by atoms with Gasteiger partial charge in [0.05, 0.1) is 5.69 Å². The van der Waals surface area contributed by atoms with Gasteiger partial charge in [-0.3, -0.25) is 4.98 Å². The molecule has 0 aliphatic heterocycles. The highest BCUT2D eigenvalue weighted by atomic mass is 19.1. The first-order chi connectivity index (χ1) is 4.33. The third-order valence-corrected chi connectivity index (χ3v) is 1.02. The standard InChI is InChI=1S/C7H7FN/c1-6-2-3-7(4-8)9-5-6/h2-3,5H,1,4H2. The van der Waals surface area contributed by atoms with Gasteiger partial charge in [0, 0.05) is 6.20 Å². The smallest absolute Gasteiger partial charge is 0.131 e. The maximum Gasteiger partial charge on any atom is 0.131 e.